The molecule has 0 bridgehead atoms. The molecule has 1 radical (unpaired) electrons. The van der Waals surface area contributed by atoms with Crippen LogP contribution in [0.5, 0.6) is 0 Å². The minimum absolute atomic E-state index is 0. The molecule has 0 spiro atoms. The van der Waals surface area contributed by atoms with Crippen molar-refractivity contribution in [3.8, 4) is 33.6 Å². The summed E-state index contributed by atoms with van der Waals surface area (Å²) >= 11 is 1.46. The van der Waals surface area contributed by atoms with Crippen molar-refractivity contribution in [1.82, 2.24) is 9.97 Å². The molecule has 6 heteroatoms. The summed E-state index contributed by atoms with van der Waals surface area (Å²) in [7, 11) is -1.34. The third-order valence-corrected chi connectivity index (χ3v) is 10.6. The van der Waals surface area contributed by atoms with Gasteiger partial charge in [0.15, 0.2) is 0 Å². The normalized spacial score (nSPS) is 13.7. The zero-order chi connectivity index (χ0) is 35.8. The average molecular weight is 807 g/mol. The van der Waals surface area contributed by atoms with E-state index in [0.29, 0.717) is 32.5 Å². The fraction of sp³-hybridized carbons (Fsp3) is 0.128. The van der Waals surface area contributed by atoms with Crippen LogP contribution in [0.2, 0.25) is 19.6 Å². The Morgan fingerprint density at radius 2 is 1.58 bits per heavy atom. The van der Waals surface area contributed by atoms with Crippen LogP contribution < -0.4 is 5.19 Å². The van der Waals surface area contributed by atoms with Crippen molar-refractivity contribution >= 4 is 44.8 Å². The van der Waals surface area contributed by atoms with E-state index >= 15 is 0 Å². The Balaban J connectivity index is 0.000000211. The second kappa shape index (κ2) is 13.7. The monoisotopic (exact) mass is 807 g/mol. The van der Waals surface area contributed by atoms with E-state index in [4.69, 9.17) is 8.22 Å². The number of halogens is 1. The van der Waals surface area contributed by atoms with Crippen molar-refractivity contribution < 1.29 is 32.7 Å². The second-order valence-electron chi connectivity index (χ2n) is 11.5. The quantitative estimate of drug-likeness (QED) is 0.131. The van der Waals surface area contributed by atoms with Gasteiger partial charge in [0.1, 0.15) is 0 Å². The Morgan fingerprint density at radius 1 is 0.800 bits per heavy atom. The van der Waals surface area contributed by atoms with Crippen molar-refractivity contribution in [1.29, 1.82) is 0 Å². The number of nitrogens with zero attached hydrogens (tertiary/aromatic N) is 2. The van der Waals surface area contributed by atoms with Crippen LogP contribution in [0.1, 0.15) is 19.4 Å². The minimum Gasteiger partial charge on any atom is -0.305 e. The van der Waals surface area contributed by atoms with E-state index in [1.807, 2.05) is 66.9 Å². The van der Waals surface area contributed by atoms with E-state index in [-0.39, 0.29) is 31.5 Å². The van der Waals surface area contributed by atoms with Gasteiger partial charge in [-0.3, -0.25) is 4.39 Å². The molecule has 0 atom stereocenters. The summed E-state index contributed by atoms with van der Waals surface area (Å²) in [6.45, 7) is 2.44. The Kier molecular flexibility index (Phi) is 7.72. The molecule has 0 unspecified atom stereocenters. The zero-order valence-corrected chi connectivity index (χ0v) is 29.1. The molecular formula is C39H33FIrN2SSi-2. The maximum absolute atomic E-state index is 14.7. The van der Waals surface area contributed by atoms with Gasteiger partial charge >= 0.3 is 0 Å². The van der Waals surface area contributed by atoms with Crippen molar-refractivity contribution in [2.45, 2.75) is 33.3 Å². The van der Waals surface area contributed by atoms with Crippen molar-refractivity contribution in [3.63, 3.8) is 0 Å². The van der Waals surface area contributed by atoms with Gasteiger partial charge in [-0.25, -0.2) is 0 Å². The summed E-state index contributed by atoms with van der Waals surface area (Å²) in [6.07, 6.45) is 3.51. The van der Waals surface area contributed by atoms with E-state index < -0.39 is 21.8 Å². The fourth-order valence-electron chi connectivity index (χ4n) is 4.94. The van der Waals surface area contributed by atoms with E-state index in [2.05, 4.69) is 47.8 Å². The molecule has 4 aromatic carbocycles. The summed E-state index contributed by atoms with van der Waals surface area (Å²) < 4.78 is 62.5. The predicted molar refractivity (Wildman–Crippen MR) is 188 cm³/mol. The van der Waals surface area contributed by atoms with Crippen LogP contribution in [0.15, 0.2) is 109 Å². The van der Waals surface area contributed by atoms with E-state index in [1.54, 1.807) is 24.4 Å². The first-order valence-electron chi connectivity index (χ1n) is 17.2. The summed E-state index contributed by atoms with van der Waals surface area (Å²) in [5, 5.41) is 2.66. The van der Waals surface area contributed by atoms with Crippen LogP contribution >= 0.6 is 11.3 Å². The second-order valence-corrected chi connectivity index (χ2v) is 17.6. The Hall–Kier alpha value is -3.80. The molecule has 2 nitrogen and oxygen atoms in total. The number of thiophene rings is 1. The van der Waals surface area contributed by atoms with Gasteiger partial charge in [-0.15, -0.1) is 53.1 Å². The van der Waals surface area contributed by atoms with Crippen molar-refractivity contribution in [3.05, 3.63) is 139 Å². The number of hydrogen-bond acceptors (Lipinski definition) is 3. The number of aromatic nitrogens is 2. The fourth-order valence-corrected chi connectivity index (χ4v) is 7.20. The summed E-state index contributed by atoms with van der Waals surface area (Å²) in [4.78, 5) is 9.02. The number of benzene rings is 4. The van der Waals surface area contributed by atoms with Gasteiger partial charge in [0.05, 0.1) is 8.07 Å². The van der Waals surface area contributed by atoms with Crippen LogP contribution in [0.25, 0.3) is 53.8 Å². The van der Waals surface area contributed by atoms with Gasteiger partial charge in [-0.05, 0) is 56.1 Å². The first kappa shape index (κ1) is 25.4. The molecular weight excluding hydrogens is 768 g/mol. The van der Waals surface area contributed by atoms with E-state index in [0.717, 1.165) is 26.9 Å². The van der Waals surface area contributed by atoms with Gasteiger partial charge in [0, 0.05) is 56.8 Å². The number of fused-ring (bicyclic) bond motifs is 3. The molecule has 0 aliphatic carbocycles. The summed E-state index contributed by atoms with van der Waals surface area (Å²) in [5.41, 5.74) is 4.59. The summed E-state index contributed by atoms with van der Waals surface area (Å²) in [6, 6.07) is 34.8. The van der Waals surface area contributed by atoms with E-state index in [1.165, 1.54) is 28.7 Å². The average Bonchev–Trinajstić information content (AvgIpc) is 3.48. The van der Waals surface area contributed by atoms with Crippen LogP contribution in [0.3, 0.4) is 0 Å². The number of pyridine rings is 2. The standard InChI is InChI=1S/C24H15FNS.C15H18NSi.Ir/c1-15-13-21(26-14-19(15)16-7-3-2-4-8-16)17-11-12-20(25)23-18-9-5-6-10-22(18)27-24(17)23;1-12-5-7-13(8-6-12)15-10-9-14(11-16-15)17(2,3)4;/h2-10,12-14H,1H3;5-7,9-11H,1-4H3;/q2*-1;/i2*1D3;. The molecule has 227 valence electrons. The third-order valence-electron chi connectivity index (χ3n) is 7.37. The van der Waals surface area contributed by atoms with Gasteiger partial charge in [-0.1, -0.05) is 93.2 Å². The zero-order valence-electron chi connectivity index (χ0n) is 30.9. The minimum atomic E-state index is -2.32. The topological polar surface area (TPSA) is 25.8 Å². The molecule has 0 fully saturated rings. The maximum atomic E-state index is 14.7. The number of aryl methyl sites for hydroxylation is 2. The maximum Gasteiger partial charge on any atom is 0.0795 e. The smallest absolute Gasteiger partial charge is 0.0795 e. The van der Waals surface area contributed by atoms with Crippen LogP contribution in [0, 0.1) is 31.7 Å². The molecule has 0 amide bonds. The Morgan fingerprint density at radius 3 is 2.27 bits per heavy atom. The molecule has 3 aromatic heterocycles. The molecule has 45 heavy (non-hydrogen) atoms. The molecule has 7 rings (SSSR count). The molecule has 0 aliphatic rings. The molecule has 0 N–H and O–H groups in total. The first-order valence-corrected chi connectivity index (χ1v) is 18.5. The first-order chi connectivity index (χ1) is 23.6. The Labute approximate surface area is 291 Å². The Bertz CT molecular complexity index is 2230. The molecule has 0 saturated heterocycles. The van der Waals surface area contributed by atoms with Gasteiger partial charge in [-0.2, -0.15) is 11.3 Å². The van der Waals surface area contributed by atoms with Gasteiger partial charge in [0.25, 0.3) is 0 Å². The summed E-state index contributed by atoms with van der Waals surface area (Å²) in [5.74, 6) is -0.344. The molecule has 0 saturated carbocycles. The van der Waals surface area contributed by atoms with Crippen LogP contribution in [0.4, 0.5) is 4.39 Å². The van der Waals surface area contributed by atoms with Crippen LogP contribution in [-0.2, 0) is 20.1 Å². The van der Waals surface area contributed by atoms with Crippen molar-refractivity contribution in [2.75, 3.05) is 0 Å². The third kappa shape index (κ3) is 7.05. The molecule has 7 aromatic rings. The van der Waals surface area contributed by atoms with Gasteiger partial charge < -0.3 is 9.97 Å². The van der Waals surface area contributed by atoms with E-state index in [9.17, 15) is 4.39 Å². The largest absolute Gasteiger partial charge is 0.305 e. The number of hydrogen-bond donors (Lipinski definition) is 0. The number of rotatable bonds is 4. The molecule has 3 heterocycles. The SMILES string of the molecule is [2H]C([2H])([2H])c1c[c-]c(-c2ccc([Si](C)(C)C)cn2)cc1.[2H]C([2H])([2H])c1cc(-c2[c-]cc(F)c3c2sc2ccccc23)ncc1-c1ccccc1.[Ir]. The van der Waals surface area contributed by atoms with Crippen LogP contribution in [-0.4, -0.2) is 18.0 Å². The van der Waals surface area contributed by atoms with Crippen molar-refractivity contribution in [2.24, 2.45) is 0 Å². The van der Waals surface area contributed by atoms with Gasteiger partial charge in [0.2, 0.25) is 0 Å². The molecule has 0 aliphatic heterocycles. The predicted octanol–water partition coefficient (Wildman–Crippen LogP) is 10.4.